The van der Waals surface area contributed by atoms with Gasteiger partial charge < -0.3 is 21.0 Å². The van der Waals surface area contributed by atoms with Gasteiger partial charge >= 0.3 is 0 Å². The highest BCUT2D eigenvalue weighted by Crippen LogP contribution is 2.34. The Morgan fingerprint density at radius 3 is 2.40 bits per heavy atom. The summed E-state index contributed by atoms with van der Waals surface area (Å²) in [4.78, 5) is 32.9. The van der Waals surface area contributed by atoms with E-state index < -0.39 is 0 Å². The molecule has 5 rings (SSSR count). The number of nitrogen functional groups attached to an aromatic ring is 1. The number of ketones is 1. The normalized spacial score (nSPS) is 11.0. The molecule has 0 saturated carbocycles. The number of carbonyl (C=O) groups excluding carboxylic acids is 2. The number of halogens is 1. The summed E-state index contributed by atoms with van der Waals surface area (Å²) in [6.07, 6.45) is 2.62. The molecular weight excluding hydrogens is 504 g/mol. The highest BCUT2D eigenvalue weighted by Gasteiger charge is 2.27. The topological polar surface area (TPSA) is 104 Å². The maximum Gasteiger partial charge on any atom is 0.255 e. The molecule has 3 aromatic carbocycles. The van der Waals surface area contributed by atoms with Crippen molar-refractivity contribution in [3.05, 3.63) is 112 Å². The number of aromatic amines is 2. The highest BCUT2D eigenvalue weighted by molar-refractivity contribution is 9.10. The maximum absolute atomic E-state index is 13.4. The van der Waals surface area contributed by atoms with Gasteiger partial charge in [-0.25, -0.2) is 0 Å². The van der Waals surface area contributed by atoms with Crippen molar-refractivity contribution in [1.82, 2.24) is 15.3 Å². The van der Waals surface area contributed by atoms with Crippen molar-refractivity contribution in [2.24, 2.45) is 0 Å². The van der Waals surface area contributed by atoms with Crippen LogP contribution in [0.3, 0.4) is 0 Å². The number of para-hydroxylation sites is 1. The highest BCUT2D eigenvalue weighted by atomic mass is 79.9. The number of rotatable bonds is 7. The monoisotopic (exact) mass is 526 g/mol. The molecule has 0 saturated heterocycles. The molecular formula is C28H23BrN4O2. The molecule has 0 unspecified atom stereocenters. The molecule has 0 spiro atoms. The van der Waals surface area contributed by atoms with E-state index in [1.807, 2.05) is 54.7 Å². The Bertz CT molecular complexity index is 1520. The van der Waals surface area contributed by atoms with E-state index in [9.17, 15) is 9.59 Å². The fraction of sp³-hybridized carbons (Fsp3) is 0.0714. The Balaban J connectivity index is 1.46. The SMILES string of the molecule is Nc1[nH]c(C(=O)c2ccccc2)c(-c2ccc(Br)cc2)c1C(=O)NCCc1c[nH]c2ccccc12. The zero-order valence-corrected chi connectivity index (χ0v) is 20.4. The molecule has 0 fully saturated rings. The molecule has 0 aliphatic rings. The average molecular weight is 527 g/mol. The minimum Gasteiger partial charge on any atom is -0.385 e. The second-order valence-corrected chi connectivity index (χ2v) is 9.15. The number of carbonyl (C=O) groups is 2. The number of amides is 1. The molecule has 0 atom stereocenters. The number of nitrogens with two attached hydrogens (primary N) is 1. The zero-order chi connectivity index (χ0) is 24.4. The molecule has 35 heavy (non-hydrogen) atoms. The fourth-order valence-corrected chi connectivity index (χ4v) is 4.57. The molecule has 2 heterocycles. The van der Waals surface area contributed by atoms with Crippen molar-refractivity contribution in [3.63, 3.8) is 0 Å². The minimum absolute atomic E-state index is 0.159. The number of anilines is 1. The van der Waals surface area contributed by atoms with Gasteiger partial charge in [0.15, 0.2) is 0 Å². The molecule has 6 nitrogen and oxygen atoms in total. The largest absolute Gasteiger partial charge is 0.385 e. The number of aromatic nitrogens is 2. The van der Waals surface area contributed by atoms with Crippen molar-refractivity contribution < 1.29 is 9.59 Å². The van der Waals surface area contributed by atoms with Crippen LogP contribution in [0.5, 0.6) is 0 Å². The van der Waals surface area contributed by atoms with Gasteiger partial charge in [0.25, 0.3) is 5.91 Å². The van der Waals surface area contributed by atoms with Gasteiger partial charge in [-0.3, -0.25) is 9.59 Å². The number of benzene rings is 3. The second-order valence-electron chi connectivity index (χ2n) is 8.23. The van der Waals surface area contributed by atoms with Gasteiger partial charge in [0.2, 0.25) is 5.78 Å². The molecule has 0 aliphatic carbocycles. The predicted octanol–water partition coefficient (Wildman–Crippen LogP) is 5.71. The van der Waals surface area contributed by atoms with Crippen molar-refractivity contribution in [2.75, 3.05) is 12.3 Å². The van der Waals surface area contributed by atoms with Crippen LogP contribution in [-0.4, -0.2) is 28.2 Å². The van der Waals surface area contributed by atoms with Crippen LogP contribution in [0.4, 0.5) is 5.82 Å². The third-order valence-corrected chi connectivity index (χ3v) is 6.54. The number of fused-ring (bicyclic) bond motifs is 1. The summed E-state index contributed by atoms with van der Waals surface area (Å²) >= 11 is 3.44. The van der Waals surface area contributed by atoms with Crippen LogP contribution in [0.15, 0.2) is 89.5 Å². The van der Waals surface area contributed by atoms with Crippen LogP contribution in [0.1, 0.15) is 32.0 Å². The molecule has 7 heteroatoms. The van der Waals surface area contributed by atoms with Crippen LogP contribution in [0.2, 0.25) is 0 Å². The van der Waals surface area contributed by atoms with Gasteiger partial charge in [-0.1, -0.05) is 76.6 Å². The van der Waals surface area contributed by atoms with E-state index in [1.165, 1.54) is 0 Å². The van der Waals surface area contributed by atoms with Crippen LogP contribution >= 0.6 is 15.9 Å². The quantitative estimate of drug-likeness (QED) is 0.204. The van der Waals surface area contributed by atoms with Crippen molar-refractivity contribution >= 4 is 44.3 Å². The van der Waals surface area contributed by atoms with Crippen molar-refractivity contribution in [3.8, 4) is 11.1 Å². The summed E-state index contributed by atoms with van der Waals surface area (Å²) in [5, 5.41) is 4.12. The Morgan fingerprint density at radius 1 is 0.914 bits per heavy atom. The minimum atomic E-state index is -0.330. The number of hydrogen-bond donors (Lipinski definition) is 4. The predicted molar refractivity (Wildman–Crippen MR) is 143 cm³/mol. The van der Waals surface area contributed by atoms with E-state index in [0.29, 0.717) is 24.1 Å². The van der Waals surface area contributed by atoms with Gasteiger partial charge in [0, 0.05) is 39.2 Å². The summed E-state index contributed by atoms with van der Waals surface area (Å²) in [7, 11) is 0. The zero-order valence-electron chi connectivity index (χ0n) is 18.8. The van der Waals surface area contributed by atoms with Crippen molar-refractivity contribution in [2.45, 2.75) is 6.42 Å². The Morgan fingerprint density at radius 2 is 1.63 bits per heavy atom. The molecule has 2 aromatic heterocycles. The van der Waals surface area contributed by atoms with Gasteiger partial charge in [0.1, 0.15) is 5.82 Å². The maximum atomic E-state index is 13.4. The summed E-state index contributed by atoms with van der Waals surface area (Å²) in [5.41, 5.74) is 10.8. The third-order valence-electron chi connectivity index (χ3n) is 6.01. The molecule has 5 aromatic rings. The summed E-state index contributed by atoms with van der Waals surface area (Å²) in [6.45, 7) is 0.424. The first-order chi connectivity index (χ1) is 17.0. The average Bonchev–Trinajstić information content (AvgIpc) is 3.45. The second kappa shape index (κ2) is 9.64. The first-order valence-electron chi connectivity index (χ1n) is 11.2. The first-order valence-corrected chi connectivity index (χ1v) is 12.0. The Kier molecular flexibility index (Phi) is 6.25. The third kappa shape index (κ3) is 4.50. The molecule has 1 amide bonds. The Hall–Kier alpha value is -4.10. The van der Waals surface area contributed by atoms with E-state index in [1.54, 1.807) is 24.3 Å². The molecule has 0 bridgehead atoms. The molecule has 0 radical (unpaired) electrons. The van der Waals surface area contributed by atoms with E-state index in [4.69, 9.17) is 5.73 Å². The van der Waals surface area contributed by atoms with E-state index in [0.717, 1.165) is 26.5 Å². The lowest BCUT2D eigenvalue weighted by atomic mass is 9.96. The van der Waals surface area contributed by atoms with Crippen molar-refractivity contribution in [1.29, 1.82) is 0 Å². The lowest BCUT2D eigenvalue weighted by Gasteiger charge is -2.09. The number of H-pyrrole nitrogens is 2. The van der Waals surface area contributed by atoms with Crippen LogP contribution in [0.25, 0.3) is 22.0 Å². The van der Waals surface area contributed by atoms with Gasteiger partial charge in [-0.2, -0.15) is 0 Å². The lowest BCUT2D eigenvalue weighted by Crippen LogP contribution is -2.26. The van der Waals surface area contributed by atoms with E-state index >= 15 is 0 Å². The van der Waals surface area contributed by atoms with Gasteiger partial charge in [-0.05, 0) is 35.7 Å². The molecule has 5 N–H and O–H groups in total. The molecule has 0 aliphatic heterocycles. The van der Waals surface area contributed by atoms with Crippen LogP contribution < -0.4 is 11.1 Å². The van der Waals surface area contributed by atoms with E-state index in [2.05, 4.69) is 37.3 Å². The smallest absolute Gasteiger partial charge is 0.255 e. The standard InChI is InChI=1S/C28H23BrN4O2/c29-20-12-10-17(11-13-20)23-24(27(30)33-25(23)26(34)18-6-2-1-3-7-18)28(35)31-15-14-19-16-32-22-9-5-4-8-21(19)22/h1-13,16,32-33H,14-15,30H2,(H,31,35). The summed E-state index contributed by atoms with van der Waals surface area (Å²) < 4.78 is 0.894. The summed E-state index contributed by atoms with van der Waals surface area (Å²) in [5.74, 6) is -0.400. The first kappa shape index (κ1) is 22.7. The van der Waals surface area contributed by atoms with E-state index in [-0.39, 0.29) is 28.8 Å². The summed E-state index contributed by atoms with van der Waals surface area (Å²) in [6, 6.07) is 24.4. The van der Waals surface area contributed by atoms with Gasteiger partial charge in [-0.15, -0.1) is 0 Å². The Labute approximate surface area is 210 Å². The van der Waals surface area contributed by atoms with Crippen LogP contribution in [-0.2, 0) is 6.42 Å². The van der Waals surface area contributed by atoms with Gasteiger partial charge in [0.05, 0.1) is 11.3 Å². The van der Waals surface area contributed by atoms with Crippen LogP contribution in [0, 0.1) is 0 Å². The lowest BCUT2D eigenvalue weighted by molar-refractivity contribution is 0.0955. The number of nitrogens with one attached hydrogen (secondary N) is 3. The number of hydrogen-bond acceptors (Lipinski definition) is 3. The fourth-order valence-electron chi connectivity index (χ4n) is 4.30. The molecule has 174 valence electrons.